The molecular formula is C30H36N4O7S. The number of aryl methyl sites for hydroxylation is 1. The van der Waals surface area contributed by atoms with Gasteiger partial charge in [0.05, 0.1) is 22.6 Å². The van der Waals surface area contributed by atoms with Crippen molar-refractivity contribution in [2.24, 2.45) is 0 Å². The van der Waals surface area contributed by atoms with Crippen LogP contribution in [0.25, 0.3) is 0 Å². The van der Waals surface area contributed by atoms with Crippen LogP contribution in [0.5, 0.6) is 5.75 Å². The predicted octanol–water partition coefficient (Wildman–Crippen LogP) is 4.09. The molecular weight excluding hydrogens is 560 g/mol. The van der Waals surface area contributed by atoms with Gasteiger partial charge in [-0.1, -0.05) is 43.3 Å². The van der Waals surface area contributed by atoms with Gasteiger partial charge in [0.25, 0.3) is 15.7 Å². The lowest BCUT2D eigenvalue weighted by atomic mass is 10.1. The van der Waals surface area contributed by atoms with E-state index < -0.39 is 33.4 Å². The molecule has 42 heavy (non-hydrogen) atoms. The first kappa shape index (κ1) is 32.1. The van der Waals surface area contributed by atoms with E-state index in [9.17, 15) is 28.1 Å². The molecule has 224 valence electrons. The molecule has 0 saturated carbocycles. The van der Waals surface area contributed by atoms with Crippen LogP contribution in [0, 0.1) is 17.0 Å². The predicted molar refractivity (Wildman–Crippen MR) is 160 cm³/mol. The number of ether oxygens (including phenoxy) is 1. The number of amides is 2. The molecule has 0 heterocycles. The van der Waals surface area contributed by atoms with Crippen LogP contribution in [0.15, 0.2) is 77.7 Å². The molecule has 11 nitrogen and oxygen atoms in total. The first-order valence-electron chi connectivity index (χ1n) is 13.5. The second kappa shape index (κ2) is 14.4. The number of nitrogens with zero attached hydrogens (tertiary/aromatic N) is 3. The molecule has 3 aromatic carbocycles. The Morgan fingerprint density at radius 3 is 2.31 bits per heavy atom. The van der Waals surface area contributed by atoms with Crippen LogP contribution in [0.2, 0.25) is 0 Å². The summed E-state index contributed by atoms with van der Waals surface area (Å²) in [4.78, 5) is 38.8. The third-order valence-corrected chi connectivity index (χ3v) is 8.58. The molecule has 0 aromatic heterocycles. The van der Waals surface area contributed by atoms with Crippen molar-refractivity contribution in [1.29, 1.82) is 0 Å². The highest BCUT2D eigenvalue weighted by atomic mass is 32.2. The summed E-state index contributed by atoms with van der Waals surface area (Å²) in [7, 11) is -3.00. The standard InChI is InChI=1S/C30H36N4O7S/c1-5-18-31-30(36)23(3)32(19-17-24-9-7-6-8-10-24)29(35)21-33(25-12-14-26(41-4)15-13-25)42(39,40)27-16-11-22(2)28(20-27)34(37)38/h6-16,20,23H,5,17-19,21H2,1-4H3,(H,31,36)/t23-/m0/s1. The zero-order chi connectivity index (χ0) is 30.9. The topological polar surface area (TPSA) is 139 Å². The molecule has 0 saturated heterocycles. The number of benzene rings is 3. The first-order valence-corrected chi connectivity index (χ1v) is 15.0. The highest BCUT2D eigenvalue weighted by Gasteiger charge is 2.33. The number of hydrogen-bond acceptors (Lipinski definition) is 7. The summed E-state index contributed by atoms with van der Waals surface area (Å²) in [5, 5.41) is 14.4. The monoisotopic (exact) mass is 596 g/mol. The van der Waals surface area contributed by atoms with E-state index in [1.807, 2.05) is 37.3 Å². The van der Waals surface area contributed by atoms with Crippen LogP contribution in [-0.2, 0) is 26.0 Å². The second-order valence-corrected chi connectivity index (χ2v) is 11.6. The summed E-state index contributed by atoms with van der Waals surface area (Å²) in [6.07, 6.45) is 1.15. The largest absolute Gasteiger partial charge is 0.497 e. The van der Waals surface area contributed by atoms with Crippen LogP contribution in [0.3, 0.4) is 0 Å². The van der Waals surface area contributed by atoms with Crippen LogP contribution in [0.4, 0.5) is 11.4 Å². The lowest BCUT2D eigenvalue weighted by Crippen LogP contribution is -2.52. The fraction of sp³-hybridized carbons (Fsp3) is 0.333. The Morgan fingerprint density at radius 2 is 1.71 bits per heavy atom. The molecule has 2 amide bonds. The molecule has 0 bridgehead atoms. The number of anilines is 1. The number of rotatable bonds is 14. The van der Waals surface area contributed by atoms with Crippen molar-refractivity contribution < 1.29 is 27.7 Å². The van der Waals surface area contributed by atoms with Crippen LogP contribution in [0.1, 0.15) is 31.4 Å². The summed E-state index contributed by atoms with van der Waals surface area (Å²) in [5.74, 6) is -0.489. The summed E-state index contributed by atoms with van der Waals surface area (Å²) < 4.78 is 34.0. The average molecular weight is 597 g/mol. The van der Waals surface area contributed by atoms with Gasteiger partial charge in [-0.2, -0.15) is 0 Å². The van der Waals surface area contributed by atoms with Crippen molar-refractivity contribution in [3.05, 3.63) is 94.0 Å². The maximum absolute atomic E-state index is 14.0. The number of methoxy groups -OCH3 is 1. The van der Waals surface area contributed by atoms with Crippen molar-refractivity contribution >= 4 is 33.2 Å². The molecule has 3 rings (SSSR count). The minimum absolute atomic E-state index is 0.151. The first-order chi connectivity index (χ1) is 20.0. The number of sulfonamides is 1. The zero-order valence-corrected chi connectivity index (χ0v) is 25.0. The quantitative estimate of drug-likeness (QED) is 0.218. The van der Waals surface area contributed by atoms with E-state index in [0.29, 0.717) is 30.7 Å². The number of carbonyl (C=O) groups is 2. The number of hydrogen-bond donors (Lipinski definition) is 1. The summed E-state index contributed by atoms with van der Waals surface area (Å²) in [5.41, 5.74) is 1.04. The maximum Gasteiger partial charge on any atom is 0.273 e. The minimum Gasteiger partial charge on any atom is -0.497 e. The molecule has 3 aromatic rings. The molecule has 0 aliphatic carbocycles. The Hall–Kier alpha value is -4.45. The van der Waals surface area contributed by atoms with Crippen LogP contribution >= 0.6 is 0 Å². The Balaban J connectivity index is 2.03. The summed E-state index contributed by atoms with van der Waals surface area (Å²) in [6, 6.07) is 18.2. The Bertz CT molecular complexity index is 1500. The average Bonchev–Trinajstić information content (AvgIpc) is 2.99. The van der Waals surface area contributed by atoms with Crippen molar-refractivity contribution in [3.8, 4) is 5.75 Å². The third kappa shape index (κ3) is 7.84. The molecule has 12 heteroatoms. The van der Waals surface area contributed by atoms with Crippen molar-refractivity contribution in [2.75, 3.05) is 31.0 Å². The Kier molecular flexibility index (Phi) is 11.0. The van der Waals surface area contributed by atoms with Gasteiger partial charge in [0.15, 0.2) is 0 Å². The van der Waals surface area contributed by atoms with Gasteiger partial charge in [0.2, 0.25) is 11.8 Å². The lowest BCUT2D eigenvalue weighted by molar-refractivity contribution is -0.385. The number of nitrogens with one attached hydrogen (secondary N) is 1. The van der Waals surface area contributed by atoms with E-state index in [4.69, 9.17) is 4.74 Å². The van der Waals surface area contributed by atoms with E-state index >= 15 is 0 Å². The maximum atomic E-state index is 14.0. The zero-order valence-electron chi connectivity index (χ0n) is 24.1. The van der Waals surface area contributed by atoms with Gasteiger partial charge in [-0.15, -0.1) is 0 Å². The van der Waals surface area contributed by atoms with E-state index in [2.05, 4.69) is 5.32 Å². The van der Waals surface area contributed by atoms with Crippen LogP contribution in [-0.4, -0.2) is 62.8 Å². The molecule has 0 radical (unpaired) electrons. The van der Waals surface area contributed by atoms with Gasteiger partial charge in [-0.05, 0) is 62.6 Å². The number of nitro groups is 1. The van der Waals surface area contributed by atoms with E-state index in [-0.39, 0.29) is 28.7 Å². The Labute approximate surface area is 246 Å². The number of carbonyl (C=O) groups excluding carboxylic acids is 2. The van der Waals surface area contributed by atoms with Crippen LogP contribution < -0.4 is 14.4 Å². The van der Waals surface area contributed by atoms with Gasteiger partial charge in [-0.3, -0.25) is 24.0 Å². The fourth-order valence-corrected chi connectivity index (χ4v) is 5.75. The van der Waals surface area contributed by atoms with Crippen molar-refractivity contribution in [2.45, 2.75) is 44.6 Å². The molecule has 0 fully saturated rings. The van der Waals surface area contributed by atoms with Gasteiger partial charge in [-0.25, -0.2) is 8.42 Å². The third-order valence-electron chi connectivity index (χ3n) is 6.81. The summed E-state index contributed by atoms with van der Waals surface area (Å²) >= 11 is 0. The van der Waals surface area contributed by atoms with Gasteiger partial charge < -0.3 is 15.0 Å². The summed E-state index contributed by atoms with van der Waals surface area (Å²) in [6.45, 7) is 4.98. The minimum atomic E-state index is -4.46. The van der Waals surface area contributed by atoms with E-state index in [1.54, 1.807) is 19.1 Å². The molecule has 1 atom stereocenters. The molecule has 0 unspecified atom stereocenters. The lowest BCUT2D eigenvalue weighted by Gasteiger charge is -2.32. The smallest absolute Gasteiger partial charge is 0.273 e. The molecule has 0 aliphatic heterocycles. The van der Waals surface area contributed by atoms with Gasteiger partial charge in [0, 0.05) is 24.7 Å². The Morgan fingerprint density at radius 1 is 1.05 bits per heavy atom. The highest BCUT2D eigenvalue weighted by Crippen LogP contribution is 2.29. The van der Waals surface area contributed by atoms with Gasteiger partial charge >= 0.3 is 0 Å². The normalized spacial score (nSPS) is 11.8. The SMILES string of the molecule is CCCNC(=O)[C@H](C)N(CCc1ccccc1)C(=O)CN(c1ccc(OC)cc1)S(=O)(=O)c1ccc(C)c([N+](=O)[O-])c1. The van der Waals surface area contributed by atoms with E-state index in [1.165, 1.54) is 43.2 Å². The molecule has 0 spiro atoms. The van der Waals surface area contributed by atoms with Crippen molar-refractivity contribution in [3.63, 3.8) is 0 Å². The van der Waals surface area contributed by atoms with Crippen molar-refractivity contribution in [1.82, 2.24) is 10.2 Å². The second-order valence-electron chi connectivity index (χ2n) is 9.70. The number of nitro benzene ring substituents is 1. The molecule has 1 N–H and O–H groups in total. The highest BCUT2D eigenvalue weighted by molar-refractivity contribution is 7.92. The van der Waals surface area contributed by atoms with Gasteiger partial charge in [0.1, 0.15) is 18.3 Å². The van der Waals surface area contributed by atoms with E-state index in [0.717, 1.165) is 15.9 Å². The molecule has 0 aliphatic rings. The fourth-order valence-electron chi connectivity index (χ4n) is 4.32.